The highest BCUT2D eigenvalue weighted by Crippen LogP contribution is 2.34. The second-order valence-corrected chi connectivity index (χ2v) is 6.72. The van der Waals surface area contributed by atoms with Crippen LogP contribution in [0.15, 0.2) is 53.4 Å². The summed E-state index contributed by atoms with van der Waals surface area (Å²) in [5, 5.41) is 9.96. The van der Waals surface area contributed by atoms with Crippen molar-refractivity contribution in [3.63, 3.8) is 0 Å². The van der Waals surface area contributed by atoms with Crippen LogP contribution in [0.5, 0.6) is 5.75 Å². The summed E-state index contributed by atoms with van der Waals surface area (Å²) in [6.07, 6.45) is 0. The molecule has 1 nitrogen and oxygen atoms in total. The van der Waals surface area contributed by atoms with E-state index >= 15 is 0 Å². The Morgan fingerprint density at radius 2 is 1.68 bits per heavy atom. The van der Waals surface area contributed by atoms with Gasteiger partial charge in [-0.05, 0) is 28.7 Å². The van der Waals surface area contributed by atoms with Crippen LogP contribution in [0.25, 0.3) is 0 Å². The van der Waals surface area contributed by atoms with E-state index in [0.717, 1.165) is 10.6 Å². The highest BCUT2D eigenvalue weighted by atomic mass is 32.2. The van der Waals surface area contributed by atoms with E-state index in [1.165, 1.54) is 11.1 Å². The molecule has 19 heavy (non-hydrogen) atoms. The Bertz CT molecular complexity index is 541. The second-order valence-electron chi connectivity index (χ2n) is 5.71. The third kappa shape index (κ3) is 3.77. The molecule has 100 valence electrons. The lowest BCUT2D eigenvalue weighted by Gasteiger charge is -2.20. The van der Waals surface area contributed by atoms with E-state index < -0.39 is 0 Å². The van der Waals surface area contributed by atoms with Gasteiger partial charge in [-0.15, -0.1) is 11.8 Å². The molecular weight excluding hydrogens is 252 g/mol. The first kappa shape index (κ1) is 14.0. The molecule has 2 rings (SSSR count). The molecule has 0 radical (unpaired) electrons. The third-order valence-corrected chi connectivity index (χ3v) is 4.18. The van der Waals surface area contributed by atoms with Gasteiger partial charge in [0.15, 0.2) is 0 Å². The molecule has 1 N–H and O–H groups in total. The van der Waals surface area contributed by atoms with Crippen LogP contribution in [0.4, 0.5) is 0 Å². The fourth-order valence-corrected chi connectivity index (χ4v) is 2.77. The Hall–Kier alpha value is -1.41. The van der Waals surface area contributed by atoms with Crippen molar-refractivity contribution in [3.8, 4) is 5.75 Å². The second kappa shape index (κ2) is 5.70. The molecule has 0 heterocycles. The Balaban J connectivity index is 2.16. The molecule has 0 bridgehead atoms. The predicted molar refractivity (Wildman–Crippen MR) is 82.8 cm³/mol. The van der Waals surface area contributed by atoms with Crippen LogP contribution in [0.2, 0.25) is 0 Å². The summed E-state index contributed by atoms with van der Waals surface area (Å²) in [6.45, 7) is 6.56. The highest BCUT2D eigenvalue weighted by Gasteiger charge is 2.15. The summed E-state index contributed by atoms with van der Waals surface area (Å²) in [6, 6.07) is 16.2. The summed E-state index contributed by atoms with van der Waals surface area (Å²) in [4.78, 5) is 0.955. The minimum atomic E-state index is 0.107. The van der Waals surface area contributed by atoms with Crippen LogP contribution in [0.3, 0.4) is 0 Å². The van der Waals surface area contributed by atoms with Crippen molar-refractivity contribution in [3.05, 3.63) is 59.7 Å². The van der Waals surface area contributed by atoms with Crippen molar-refractivity contribution in [1.82, 2.24) is 0 Å². The summed E-state index contributed by atoms with van der Waals surface area (Å²) in [5.41, 5.74) is 2.63. The number of benzene rings is 2. The minimum absolute atomic E-state index is 0.107. The predicted octanol–water partition coefficient (Wildman–Crippen LogP) is 4.98. The average molecular weight is 272 g/mol. The number of phenols is 1. The van der Waals surface area contributed by atoms with Crippen LogP contribution < -0.4 is 0 Å². The number of phenolic OH excluding ortho intramolecular Hbond substituents is 1. The third-order valence-electron chi connectivity index (χ3n) is 3.06. The summed E-state index contributed by atoms with van der Waals surface area (Å²) in [7, 11) is 0. The van der Waals surface area contributed by atoms with Crippen molar-refractivity contribution in [1.29, 1.82) is 0 Å². The lowest BCUT2D eigenvalue weighted by atomic mass is 9.87. The van der Waals surface area contributed by atoms with Gasteiger partial charge in [0.1, 0.15) is 5.75 Å². The Morgan fingerprint density at radius 1 is 1.00 bits per heavy atom. The Labute approximate surface area is 119 Å². The van der Waals surface area contributed by atoms with Gasteiger partial charge < -0.3 is 5.11 Å². The molecule has 0 aliphatic rings. The van der Waals surface area contributed by atoms with Crippen LogP contribution in [-0.2, 0) is 11.2 Å². The van der Waals surface area contributed by atoms with Crippen molar-refractivity contribution in [2.75, 3.05) is 0 Å². The number of thioether (sulfide) groups is 1. The molecule has 0 aromatic heterocycles. The first-order valence-corrected chi connectivity index (χ1v) is 7.45. The molecule has 0 atom stereocenters. The lowest BCUT2D eigenvalue weighted by molar-refractivity contribution is 0.460. The van der Waals surface area contributed by atoms with Gasteiger partial charge in [0, 0.05) is 10.6 Å². The SMILES string of the molecule is CC(C)(C)c1ccc(O)c(SCc2ccccc2)c1. The van der Waals surface area contributed by atoms with E-state index in [0.29, 0.717) is 5.75 Å². The van der Waals surface area contributed by atoms with E-state index in [-0.39, 0.29) is 5.41 Å². The zero-order valence-corrected chi connectivity index (χ0v) is 12.5. The number of rotatable bonds is 3. The highest BCUT2D eigenvalue weighted by molar-refractivity contribution is 7.98. The monoisotopic (exact) mass is 272 g/mol. The molecule has 0 saturated carbocycles. The molecule has 0 fully saturated rings. The van der Waals surface area contributed by atoms with Gasteiger partial charge in [0.05, 0.1) is 0 Å². The van der Waals surface area contributed by atoms with Crippen molar-refractivity contribution < 1.29 is 5.11 Å². The molecule has 0 aliphatic heterocycles. The molecule has 0 spiro atoms. The van der Waals surface area contributed by atoms with E-state index in [9.17, 15) is 5.11 Å². The summed E-state index contributed by atoms with van der Waals surface area (Å²) in [5.74, 6) is 1.25. The first-order chi connectivity index (χ1) is 8.97. The number of hydrogen-bond acceptors (Lipinski definition) is 2. The molecule has 2 heteroatoms. The van der Waals surface area contributed by atoms with Crippen molar-refractivity contribution in [2.45, 2.75) is 36.8 Å². The van der Waals surface area contributed by atoms with Gasteiger partial charge in [0.25, 0.3) is 0 Å². The lowest BCUT2D eigenvalue weighted by Crippen LogP contribution is -2.10. The smallest absolute Gasteiger partial charge is 0.129 e. The van der Waals surface area contributed by atoms with Crippen molar-refractivity contribution in [2.24, 2.45) is 0 Å². The molecule has 0 aliphatic carbocycles. The average Bonchev–Trinajstić information content (AvgIpc) is 2.37. The van der Waals surface area contributed by atoms with E-state index in [2.05, 4.69) is 39.0 Å². The quantitative estimate of drug-likeness (QED) is 0.795. The van der Waals surface area contributed by atoms with Crippen LogP contribution in [0.1, 0.15) is 31.9 Å². The summed E-state index contributed by atoms with van der Waals surface area (Å²) < 4.78 is 0. The zero-order chi connectivity index (χ0) is 13.9. The Morgan fingerprint density at radius 3 is 2.32 bits per heavy atom. The largest absolute Gasteiger partial charge is 0.507 e. The van der Waals surface area contributed by atoms with E-state index in [4.69, 9.17) is 0 Å². The van der Waals surface area contributed by atoms with Crippen LogP contribution >= 0.6 is 11.8 Å². The molecule has 0 unspecified atom stereocenters. The molecular formula is C17H20OS. The zero-order valence-electron chi connectivity index (χ0n) is 11.7. The van der Waals surface area contributed by atoms with E-state index in [1.54, 1.807) is 17.8 Å². The number of hydrogen-bond donors (Lipinski definition) is 1. The molecule has 0 saturated heterocycles. The van der Waals surface area contributed by atoms with Gasteiger partial charge >= 0.3 is 0 Å². The topological polar surface area (TPSA) is 20.2 Å². The van der Waals surface area contributed by atoms with E-state index in [1.807, 2.05) is 24.3 Å². The minimum Gasteiger partial charge on any atom is -0.507 e. The summed E-state index contributed by atoms with van der Waals surface area (Å²) >= 11 is 1.68. The van der Waals surface area contributed by atoms with Gasteiger partial charge in [-0.25, -0.2) is 0 Å². The van der Waals surface area contributed by atoms with Gasteiger partial charge in [0.2, 0.25) is 0 Å². The molecule has 0 amide bonds. The fraction of sp³-hybridized carbons (Fsp3) is 0.294. The van der Waals surface area contributed by atoms with Gasteiger partial charge in [-0.1, -0.05) is 57.2 Å². The number of aromatic hydroxyl groups is 1. The fourth-order valence-electron chi connectivity index (χ4n) is 1.83. The maximum atomic E-state index is 9.96. The maximum absolute atomic E-state index is 9.96. The van der Waals surface area contributed by atoms with Crippen LogP contribution in [-0.4, -0.2) is 5.11 Å². The van der Waals surface area contributed by atoms with Crippen LogP contribution in [0, 0.1) is 0 Å². The molecule has 2 aromatic rings. The Kier molecular flexibility index (Phi) is 4.20. The van der Waals surface area contributed by atoms with Gasteiger partial charge in [-0.2, -0.15) is 0 Å². The van der Waals surface area contributed by atoms with Gasteiger partial charge in [-0.3, -0.25) is 0 Å². The van der Waals surface area contributed by atoms with Crippen molar-refractivity contribution >= 4 is 11.8 Å². The normalized spacial score (nSPS) is 11.5. The standard InChI is InChI=1S/C17H20OS/c1-17(2,3)14-9-10-15(18)16(11-14)19-12-13-7-5-4-6-8-13/h4-11,18H,12H2,1-3H3. The first-order valence-electron chi connectivity index (χ1n) is 6.47. The molecule has 2 aromatic carbocycles. The maximum Gasteiger partial charge on any atom is 0.129 e.